The number of ketones is 2. The van der Waals surface area contributed by atoms with E-state index in [4.69, 9.17) is 8.83 Å². The van der Waals surface area contributed by atoms with E-state index in [1.165, 1.54) is 22.7 Å². The van der Waals surface area contributed by atoms with E-state index < -0.39 is 11.8 Å². The zero-order chi connectivity index (χ0) is 19.1. The van der Waals surface area contributed by atoms with Crippen LogP contribution in [0, 0.1) is 11.8 Å². The predicted molar refractivity (Wildman–Crippen MR) is 107 cm³/mol. The fourth-order valence-electron chi connectivity index (χ4n) is 4.24. The monoisotopic (exact) mass is 408 g/mol. The molecule has 5 rings (SSSR count). The summed E-state index contributed by atoms with van der Waals surface area (Å²) in [6.45, 7) is 0. The molecule has 1 aliphatic rings. The van der Waals surface area contributed by atoms with Gasteiger partial charge in [0, 0.05) is 23.7 Å². The van der Waals surface area contributed by atoms with Crippen LogP contribution in [0.15, 0.2) is 80.7 Å². The second-order valence-electron chi connectivity index (χ2n) is 6.82. The second kappa shape index (κ2) is 7.04. The number of carbonyl (C=O) groups excluding carboxylic acids is 2. The van der Waals surface area contributed by atoms with Gasteiger partial charge in [0.15, 0.2) is 11.6 Å². The minimum atomic E-state index is -0.477. The summed E-state index contributed by atoms with van der Waals surface area (Å²) in [5.41, 5.74) is 0. The van der Waals surface area contributed by atoms with Crippen molar-refractivity contribution in [2.45, 2.75) is 11.8 Å². The van der Waals surface area contributed by atoms with Crippen molar-refractivity contribution in [1.82, 2.24) is 0 Å². The van der Waals surface area contributed by atoms with E-state index in [0.717, 1.165) is 0 Å². The second-order valence-corrected chi connectivity index (χ2v) is 8.71. The van der Waals surface area contributed by atoms with Gasteiger partial charge in [0.2, 0.25) is 0 Å². The minimum Gasteiger partial charge on any atom is -0.469 e. The third kappa shape index (κ3) is 2.72. The zero-order valence-corrected chi connectivity index (χ0v) is 16.3. The predicted octanol–water partition coefficient (Wildman–Crippen LogP) is 5.87. The smallest absolute Gasteiger partial charge is 0.177 e. The van der Waals surface area contributed by atoms with Crippen molar-refractivity contribution in [2.24, 2.45) is 11.8 Å². The Morgan fingerprint density at radius 1 is 0.679 bits per heavy atom. The lowest BCUT2D eigenvalue weighted by Crippen LogP contribution is -2.50. The fourth-order valence-corrected chi connectivity index (χ4v) is 5.66. The van der Waals surface area contributed by atoms with Crippen LogP contribution in [0.3, 0.4) is 0 Å². The summed E-state index contributed by atoms with van der Waals surface area (Å²) >= 11 is 2.81. The molecule has 0 N–H and O–H groups in total. The Bertz CT molecular complexity index is 972. The molecule has 0 aliphatic heterocycles. The lowest BCUT2D eigenvalue weighted by Gasteiger charge is -2.48. The van der Waals surface area contributed by atoms with Crippen molar-refractivity contribution in [2.75, 3.05) is 0 Å². The summed E-state index contributed by atoms with van der Waals surface area (Å²) in [6.07, 6.45) is 3.21. The molecule has 0 radical (unpaired) electrons. The topological polar surface area (TPSA) is 60.4 Å². The molecule has 28 heavy (non-hydrogen) atoms. The Balaban J connectivity index is 1.61. The van der Waals surface area contributed by atoms with E-state index in [2.05, 4.69) is 0 Å². The molecular weight excluding hydrogens is 392 g/mol. The maximum absolute atomic E-state index is 13.4. The molecule has 140 valence electrons. The molecule has 0 aromatic carbocycles. The maximum atomic E-state index is 13.4. The highest BCUT2D eigenvalue weighted by Crippen LogP contribution is 2.60. The molecule has 4 atom stereocenters. The van der Waals surface area contributed by atoms with E-state index in [1.54, 1.807) is 12.5 Å². The first-order valence-corrected chi connectivity index (χ1v) is 10.7. The first kappa shape index (κ1) is 17.4. The van der Waals surface area contributed by atoms with Gasteiger partial charge in [-0.3, -0.25) is 9.59 Å². The Morgan fingerprint density at radius 3 is 1.46 bits per heavy atom. The van der Waals surface area contributed by atoms with Crippen LogP contribution < -0.4 is 0 Å². The van der Waals surface area contributed by atoms with E-state index in [9.17, 15) is 9.59 Å². The number of Topliss-reactive ketones (excluding diaryl/α,β-unsaturated/α-hetero) is 2. The molecule has 4 aromatic heterocycles. The van der Waals surface area contributed by atoms with Crippen molar-refractivity contribution in [3.63, 3.8) is 0 Å². The molecule has 4 nitrogen and oxygen atoms in total. The van der Waals surface area contributed by atoms with E-state index in [1.807, 2.05) is 59.3 Å². The lowest BCUT2D eigenvalue weighted by molar-refractivity contribution is 0.0381. The Kier molecular flexibility index (Phi) is 4.37. The van der Waals surface area contributed by atoms with Gasteiger partial charge in [-0.2, -0.15) is 0 Å². The van der Waals surface area contributed by atoms with Gasteiger partial charge in [-0.05, 0) is 47.2 Å². The quantitative estimate of drug-likeness (QED) is 0.374. The number of rotatable bonds is 6. The van der Waals surface area contributed by atoms with Crippen molar-refractivity contribution in [3.05, 3.63) is 93.1 Å². The SMILES string of the molecule is O=C(c1cccs1)[C@@H]1[C@@H](C(=O)c2cccs2)[C@H](c2ccco2)[C@H]1c1ccco1. The minimum absolute atomic E-state index is 0.00545. The van der Waals surface area contributed by atoms with E-state index >= 15 is 0 Å². The van der Waals surface area contributed by atoms with Crippen LogP contribution in [0.2, 0.25) is 0 Å². The zero-order valence-electron chi connectivity index (χ0n) is 14.7. The molecule has 4 heterocycles. The van der Waals surface area contributed by atoms with Crippen LogP contribution in [-0.2, 0) is 0 Å². The molecule has 0 unspecified atom stereocenters. The Morgan fingerprint density at radius 2 is 1.14 bits per heavy atom. The summed E-state index contributed by atoms with van der Waals surface area (Å²) in [6, 6.07) is 14.7. The number of hydrogen-bond acceptors (Lipinski definition) is 6. The highest BCUT2D eigenvalue weighted by Gasteiger charge is 2.60. The summed E-state index contributed by atoms with van der Waals surface area (Å²) in [5.74, 6) is -0.000351. The molecule has 0 bridgehead atoms. The van der Waals surface area contributed by atoms with Crippen LogP contribution in [-0.4, -0.2) is 11.6 Å². The Hall–Kier alpha value is -2.70. The summed E-state index contributed by atoms with van der Waals surface area (Å²) in [4.78, 5) is 28.1. The van der Waals surface area contributed by atoms with Crippen LogP contribution in [0.1, 0.15) is 42.7 Å². The average molecular weight is 409 g/mol. The lowest BCUT2D eigenvalue weighted by atomic mass is 9.52. The first-order valence-electron chi connectivity index (χ1n) is 8.98. The molecule has 0 spiro atoms. The molecule has 1 aliphatic carbocycles. The van der Waals surface area contributed by atoms with Crippen LogP contribution >= 0.6 is 22.7 Å². The third-order valence-electron chi connectivity index (χ3n) is 5.42. The molecule has 6 heteroatoms. The highest BCUT2D eigenvalue weighted by molar-refractivity contribution is 7.12. The number of carbonyl (C=O) groups is 2. The number of hydrogen-bond donors (Lipinski definition) is 0. The Labute approximate surface area is 169 Å². The molecule has 0 saturated heterocycles. The van der Waals surface area contributed by atoms with Gasteiger partial charge in [0.25, 0.3) is 0 Å². The van der Waals surface area contributed by atoms with Crippen molar-refractivity contribution in [3.8, 4) is 0 Å². The van der Waals surface area contributed by atoms with Crippen LogP contribution in [0.4, 0.5) is 0 Å². The molecule has 1 saturated carbocycles. The maximum Gasteiger partial charge on any atom is 0.177 e. The fraction of sp³-hybridized carbons (Fsp3) is 0.182. The van der Waals surface area contributed by atoms with Gasteiger partial charge in [-0.15, -0.1) is 22.7 Å². The van der Waals surface area contributed by atoms with Crippen molar-refractivity contribution in [1.29, 1.82) is 0 Å². The third-order valence-corrected chi connectivity index (χ3v) is 7.19. The normalized spacial score (nSPS) is 24.0. The van der Waals surface area contributed by atoms with Crippen LogP contribution in [0.25, 0.3) is 0 Å². The van der Waals surface area contributed by atoms with Gasteiger partial charge < -0.3 is 8.83 Å². The summed E-state index contributed by atoms with van der Waals surface area (Å²) < 4.78 is 11.4. The van der Waals surface area contributed by atoms with E-state index in [0.29, 0.717) is 21.3 Å². The summed E-state index contributed by atoms with van der Waals surface area (Å²) in [5, 5.41) is 3.77. The van der Waals surface area contributed by atoms with Gasteiger partial charge in [-0.1, -0.05) is 12.1 Å². The van der Waals surface area contributed by atoms with Gasteiger partial charge in [0.05, 0.1) is 22.3 Å². The van der Waals surface area contributed by atoms with Crippen molar-refractivity contribution < 1.29 is 18.4 Å². The standard InChI is InChI=1S/C22H16O4S2/c23-21(15-7-3-11-27-15)19-17(13-5-1-9-25-13)18(14-6-2-10-26-14)20(19)22(24)16-8-4-12-28-16/h1-12,17-20H/t17-,18-,19+,20+/m1/s1. The van der Waals surface area contributed by atoms with E-state index in [-0.39, 0.29) is 23.4 Å². The van der Waals surface area contributed by atoms with Gasteiger partial charge in [-0.25, -0.2) is 0 Å². The summed E-state index contributed by atoms with van der Waals surface area (Å²) in [7, 11) is 0. The first-order chi connectivity index (χ1) is 13.8. The largest absolute Gasteiger partial charge is 0.469 e. The molecule has 1 fully saturated rings. The molecule has 0 amide bonds. The van der Waals surface area contributed by atoms with Gasteiger partial charge in [0.1, 0.15) is 11.5 Å². The van der Waals surface area contributed by atoms with Crippen molar-refractivity contribution >= 4 is 34.2 Å². The number of thiophene rings is 2. The average Bonchev–Trinajstić information content (AvgIpc) is 3.50. The highest BCUT2D eigenvalue weighted by atomic mass is 32.1. The molecule has 4 aromatic rings. The molecular formula is C22H16O4S2. The number of furan rings is 2. The van der Waals surface area contributed by atoms with Gasteiger partial charge >= 0.3 is 0 Å². The van der Waals surface area contributed by atoms with Crippen LogP contribution in [0.5, 0.6) is 0 Å².